The molecule has 2 atom stereocenters. The topological polar surface area (TPSA) is 67.8 Å². The van der Waals surface area contributed by atoms with E-state index in [-0.39, 0.29) is 6.04 Å². The summed E-state index contributed by atoms with van der Waals surface area (Å²) in [7, 11) is 1.38. The highest BCUT2D eigenvalue weighted by atomic mass is 16.5. The molecule has 0 heterocycles. The third-order valence-corrected chi connectivity index (χ3v) is 5.90. The number of hydrogen-bond acceptors (Lipinski definition) is 5. The minimum atomic E-state index is -0.629. The quantitative estimate of drug-likeness (QED) is 0.749. The van der Waals surface area contributed by atoms with Crippen molar-refractivity contribution in [2.24, 2.45) is 0 Å². The van der Waals surface area contributed by atoms with Gasteiger partial charge in [-0.1, -0.05) is 42.8 Å². The number of benzene rings is 2. The van der Waals surface area contributed by atoms with Crippen molar-refractivity contribution >= 4 is 5.97 Å². The van der Waals surface area contributed by atoms with Crippen LogP contribution in [-0.4, -0.2) is 30.3 Å². The Kier molecular flexibility index (Phi) is 5.64. The zero-order chi connectivity index (χ0) is 19.5. The lowest BCUT2D eigenvalue weighted by Crippen LogP contribution is -2.47. The van der Waals surface area contributed by atoms with Crippen molar-refractivity contribution < 1.29 is 19.4 Å². The molecule has 5 heteroatoms. The van der Waals surface area contributed by atoms with Crippen molar-refractivity contribution in [3.05, 3.63) is 64.7 Å². The lowest BCUT2D eigenvalue weighted by Gasteiger charge is -2.37. The summed E-state index contributed by atoms with van der Waals surface area (Å²) in [6.45, 7) is 0.373. The van der Waals surface area contributed by atoms with Gasteiger partial charge in [-0.3, -0.25) is 0 Å². The average Bonchev–Trinajstić information content (AvgIpc) is 2.70. The van der Waals surface area contributed by atoms with Gasteiger partial charge in [0.25, 0.3) is 0 Å². The molecule has 0 bridgehead atoms. The predicted molar refractivity (Wildman–Crippen MR) is 106 cm³/mol. The van der Waals surface area contributed by atoms with Crippen LogP contribution in [0.25, 0.3) is 0 Å². The van der Waals surface area contributed by atoms with Gasteiger partial charge in [-0.2, -0.15) is 0 Å². The fourth-order valence-corrected chi connectivity index (χ4v) is 4.10. The summed E-state index contributed by atoms with van der Waals surface area (Å²) in [6, 6.07) is 14.0. The van der Waals surface area contributed by atoms with Crippen LogP contribution in [0.4, 0.5) is 0 Å². The minimum absolute atomic E-state index is 0.0272. The standard InChI is InChI=1S/C23H27NO4/c1-27-23(26)21-17-10-12-19(24-16-8-5-9-16)22(25)18(17)11-13-20(21)28-14-15-6-3-2-4-7-15/h2-4,6-7,11,13,16,19,22,24-25H,5,8-10,12,14H2,1H3. The molecule has 1 saturated carbocycles. The number of ether oxygens (including phenoxy) is 2. The molecule has 2 N–H and O–H groups in total. The van der Waals surface area contributed by atoms with E-state index in [1.807, 2.05) is 36.4 Å². The van der Waals surface area contributed by atoms with E-state index in [1.165, 1.54) is 26.4 Å². The molecule has 2 aliphatic rings. The maximum Gasteiger partial charge on any atom is 0.341 e. The third kappa shape index (κ3) is 3.77. The molecule has 28 heavy (non-hydrogen) atoms. The molecule has 0 aliphatic heterocycles. The van der Waals surface area contributed by atoms with Gasteiger partial charge in [-0.25, -0.2) is 4.79 Å². The molecule has 2 aromatic carbocycles. The molecule has 2 unspecified atom stereocenters. The summed E-state index contributed by atoms with van der Waals surface area (Å²) in [4.78, 5) is 12.5. The number of esters is 1. The van der Waals surface area contributed by atoms with Crippen molar-refractivity contribution in [2.75, 3.05) is 7.11 Å². The number of methoxy groups -OCH3 is 1. The Balaban J connectivity index is 1.59. The molecule has 1 fully saturated rings. The van der Waals surface area contributed by atoms with Crippen molar-refractivity contribution in [2.45, 2.75) is 56.9 Å². The highest BCUT2D eigenvalue weighted by Gasteiger charge is 2.34. The number of hydrogen-bond donors (Lipinski definition) is 2. The average molecular weight is 381 g/mol. The normalized spacial score (nSPS) is 21.5. The second kappa shape index (κ2) is 8.33. The van der Waals surface area contributed by atoms with Gasteiger partial charge in [0.05, 0.1) is 13.2 Å². The summed E-state index contributed by atoms with van der Waals surface area (Å²) in [5.41, 5.74) is 3.12. The summed E-state index contributed by atoms with van der Waals surface area (Å²) in [6.07, 6.45) is 4.48. The molecular formula is C23H27NO4. The van der Waals surface area contributed by atoms with Crippen LogP contribution in [0.1, 0.15) is 58.8 Å². The van der Waals surface area contributed by atoms with Crippen LogP contribution in [0, 0.1) is 0 Å². The minimum Gasteiger partial charge on any atom is -0.488 e. The molecule has 0 spiro atoms. The van der Waals surface area contributed by atoms with Crippen LogP contribution in [0.15, 0.2) is 42.5 Å². The Morgan fingerprint density at radius 3 is 2.61 bits per heavy atom. The SMILES string of the molecule is COC(=O)c1c(OCc2ccccc2)ccc2c1CCC(NC1CCC1)C2O. The summed E-state index contributed by atoms with van der Waals surface area (Å²) in [5.74, 6) is 0.0876. The van der Waals surface area contributed by atoms with Crippen molar-refractivity contribution in [1.82, 2.24) is 5.32 Å². The molecule has 0 amide bonds. The Labute approximate surface area is 165 Å². The van der Waals surface area contributed by atoms with Crippen molar-refractivity contribution in [1.29, 1.82) is 0 Å². The Morgan fingerprint density at radius 2 is 1.93 bits per heavy atom. The van der Waals surface area contributed by atoms with E-state index in [0.29, 0.717) is 30.4 Å². The Morgan fingerprint density at radius 1 is 1.14 bits per heavy atom. The number of aliphatic hydroxyl groups is 1. The van der Waals surface area contributed by atoms with Gasteiger partial charge in [0.15, 0.2) is 0 Å². The summed E-state index contributed by atoms with van der Waals surface area (Å²) >= 11 is 0. The lowest BCUT2D eigenvalue weighted by atomic mass is 9.81. The maximum absolute atomic E-state index is 12.5. The van der Waals surface area contributed by atoms with E-state index in [1.54, 1.807) is 6.07 Å². The van der Waals surface area contributed by atoms with Crippen LogP contribution in [0.3, 0.4) is 0 Å². The molecule has 0 saturated heterocycles. The molecule has 2 aromatic rings. The van der Waals surface area contributed by atoms with Gasteiger partial charge in [-0.15, -0.1) is 0 Å². The molecule has 5 nitrogen and oxygen atoms in total. The fourth-order valence-electron chi connectivity index (χ4n) is 4.10. The van der Waals surface area contributed by atoms with Crippen molar-refractivity contribution in [3.8, 4) is 5.75 Å². The van der Waals surface area contributed by atoms with Crippen molar-refractivity contribution in [3.63, 3.8) is 0 Å². The van der Waals surface area contributed by atoms with Crippen LogP contribution >= 0.6 is 0 Å². The van der Waals surface area contributed by atoms with Crippen LogP contribution in [0.2, 0.25) is 0 Å². The molecule has 4 rings (SSSR count). The summed E-state index contributed by atoms with van der Waals surface area (Å²) < 4.78 is 11.0. The van der Waals surface area contributed by atoms with Crippen LogP contribution < -0.4 is 10.1 Å². The second-order valence-electron chi connectivity index (χ2n) is 7.66. The molecule has 2 aliphatic carbocycles. The third-order valence-electron chi connectivity index (χ3n) is 5.90. The number of aliphatic hydroxyl groups excluding tert-OH is 1. The smallest absolute Gasteiger partial charge is 0.341 e. The molecular weight excluding hydrogens is 354 g/mol. The number of nitrogens with one attached hydrogen (secondary N) is 1. The van der Waals surface area contributed by atoms with Crippen LogP contribution in [0.5, 0.6) is 5.75 Å². The molecule has 148 valence electrons. The van der Waals surface area contributed by atoms with E-state index >= 15 is 0 Å². The first-order valence-electron chi connectivity index (χ1n) is 10.0. The van der Waals surface area contributed by atoms with Gasteiger partial charge in [0, 0.05) is 12.1 Å². The maximum atomic E-state index is 12.5. The number of rotatable bonds is 6. The van der Waals surface area contributed by atoms with E-state index in [0.717, 1.165) is 23.1 Å². The number of carbonyl (C=O) groups is 1. The zero-order valence-corrected chi connectivity index (χ0v) is 16.2. The van der Waals surface area contributed by atoms with Crippen LogP contribution in [-0.2, 0) is 17.8 Å². The van der Waals surface area contributed by atoms with E-state index in [2.05, 4.69) is 5.32 Å². The van der Waals surface area contributed by atoms with Gasteiger partial charge >= 0.3 is 5.97 Å². The number of carbonyl (C=O) groups excluding carboxylic acids is 1. The first-order chi connectivity index (χ1) is 13.7. The first kappa shape index (κ1) is 19.0. The van der Waals surface area contributed by atoms with E-state index < -0.39 is 12.1 Å². The second-order valence-corrected chi connectivity index (χ2v) is 7.66. The first-order valence-corrected chi connectivity index (χ1v) is 10.0. The van der Waals surface area contributed by atoms with Gasteiger partial charge in [-0.05, 0) is 48.4 Å². The number of fused-ring (bicyclic) bond motifs is 1. The monoisotopic (exact) mass is 381 g/mol. The van der Waals surface area contributed by atoms with Gasteiger partial charge in [0.2, 0.25) is 0 Å². The van der Waals surface area contributed by atoms with Gasteiger partial charge < -0.3 is 19.9 Å². The molecule has 0 aromatic heterocycles. The summed E-state index contributed by atoms with van der Waals surface area (Å²) in [5, 5.41) is 14.5. The lowest BCUT2D eigenvalue weighted by molar-refractivity contribution is 0.0590. The van der Waals surface area contributed by atoms with E-state index in [4.69, 9.17) is 9.47 Å². The Bertz CT molecular complexity index is 832. The molecule has 0 radical (unpaired) electrons. The highest BCUT2D eigenvalue weighted by molar-refractivity contribution is 5.94. The highest BCUT2D eigenvalue weighted by Crippen LogP contribution is 2.37. The predicted octanol–water partition coefficient (Wildman–Crippen LogP) is 3.54. The van der Waals surface area contributed by atoms with E-state index in [9.17, 15) is 9.90 Å². The fraction of sp³-hybridized carbons (Fsp3) is 0.435. The Hall–Kier alpha value is -2.37. The zero-order valence-electron chi connectivity index (χ0n) is 16.2. The largest absolute Gasteiger partial charge is 0.488 e. The van der Waals surface area contributed by atoms with Gasteiger partial charge in [0.1, 0.15) is 17.9 Å².